The lowest BCUT2D eigenvalue weighted by molar-refractivity contribution is -0.170. The van der Waals surface area contributed by atoms with E-state index in [4.69, 9.17) is 9.47 Å². The summed E-state index contributed by atoms with van der Waals surface area (Å²) in [6.07, 6.45) is 0.842. The van der Waals surface area contributed by atoms with Gasteiger partial charge in [-0.2, -0.15) is 0 Å². The first-order valence-corrected chi connectivity index (χ1v) is 6.60. The predicted molar refractivity (Wildman–Crippen MR) is 72.8 cm³/mol. The molecule has 1 saturated heterocycles. The van der Waals surface area contributed by atoms with Gasteiger partial charge in [0, 0.05) is 18.5 Å². The molecule has 0 aliphatic carbocycles. The summed E-state index contributed by atoms with van der Waals surface area (Å²) >= 11 is 0. The highest BCUT2D eigenvalue weighted by molar-refractivity contribution is 5.40. The fraction of sp³-hybridized carbons (Fsp3) is 0.600. The standard InChI is InChI=1S/C15H23NO2/c1-11-9-12(2)14(13(3)10-11)15(5-6-16-4)17-7-8-18-15/h9-10,16H,5-8H2,1-4H3. The average Bonchev–Trinajstić information content (AvgIpc) is 2.74. The van der Waals surface area contributed by atoms with E-state index in [-0.39, 0.29) is 0 Å². The number of benzene rings is 1. The highest BCUT2D eigenvalue weighted by atomic mass is 16.7. The molecule has 3 nitrogen and oxygen atoms in total. The van der Waals surface area contributed by atoms with Crippen LogP contribution >= 0.6 is 0 Å². The minimum atomic E-state index is -0.551. The monoisotopic (exact) mass is 249 g/mol. The quantitative estimate of drug-likeness (QED) is 0.889. The van der Waals surface area contributed by atoms with Crippen molar-refractivity contribution in [3.05, 3.63) is 34.4 Å². The second-order valence-corrected chi connectivity index (χ2v) is 5.08. The summed E-state index contributed by atoms with van der Waals surface area (Å²) in [7, 11) is 1.96. The van der Waals surface area contributed by atoms with Gasteiger partial charge in [0.15, 0.2) is 5.79 Å². The Kier molecular flexibility index (Phi) is 4.05. The molecule has 0 aromatic heterocycles. The Morgan fingerprint density at radius 3 is 2.17 bits per heavy atom. The predicted octanol–water partition coefficient (Wildman–Crippen LogP) is 2.42. The molecule has 1 aliphatic heterocycles. The first-order valence-electron chi connectivity index (χ1n) is 6.60. The molecule has 18 heavy (non-hydrogen) atoms. The zero-order chi connectivity index (χ0) is 13.2. The summed E-state index contributed by atoms with van der Waals surface area (Å²) in [6, 6.07) is 4.41. The molecule has 1 aliphatic rings. The van der Waals surface area contributed by atoms with E-state index in [0.717, 1.165) is 13.0 Å². The van der Waals surface area contributed by atoms with Crippen LogP contribution in [0.15, 0.2) is 12.1 Å². The largest absolute Gasteiger partial charge is 0.343 e. The molecule has 0 spiro atoms. The van der Waals surface area contributed by atoms with Crippen LogP contribution in [-0.2, 0) is 15.3 Å². The van der Waals surface area contributed by atoms with Gasteiger partial charge in [-0.05, 0) is 38.9 Å². The molecular formula is C15H23NO2. The molecule has 1 heterocycles. The Bertz CT molecular complexity index is 399. The van der Waals surface area contributed by atoms with Crippen LogP contribution < -0.4 is 5.32 Å². The maximum Gasteiger partial charge on any atom is 0.196 e. The van der Waals surface area contributed by atoms with Crippen LogP contribution in [-0.4, -0.2) is 26.8 Å². The number of nitrogens with one attached hydrogen (secondary N) is 1. The van der Waals surface area contributed by atoms with Crippen molar-refractivity contribution in [2.75, 3.05) is 26.8 Å². The van der Waals surface area contributed by atoms with Gasteiger partial charge in [-0.1, -0.05) is 17.7 Å². The third kappa shape index (κ3) is 2.44. The maximum absolute atomic E-state index is 5.97. The molecule has 3 heteroatoms. The summed E-state index contributed by atoms with van der Waals surface area (Å²) in [4.78, 5) is 0. The van der Waals surface area contributed by atoms with Crippen LogP contribution in [0.2, 0.25) is 0 Å². The Labute approximate surface area is 109 Å². The van der Waals surface area contributed by atoms with E-state index in [2.05, 4.69) is 38.2 Å². The molecular weight excluding hydrogens is 226 g/mol. The summed E-state index contributed by atoms with van der Waals surface area (Å²) < 4.78 is 11.9. The Morgan fingerprint density at radius 2 is 1.67 bits per heavy atom. The topological polar surface area (TPSA) is 30.5 Å². The van der Waals surface area contributed by atoms with Gasteiger partial charge < -0.3 is 14.8 Å². The van der Waals surface area contributed by atoms with E-state index < -0.39 is 5.79 Å². The van der Waals surface area contributed by atoms with Gasteiger partial charge >= 0.3 is 0 Å². The van der Waals surface area contributed by atoms with Gasteiger partial charge in [-0.25, -0.2) is 0 Å². The lowest BCUT2D eigenvalue weighted by Crippen LogP contribution is -2.32. The van der Waals surface area contributed by atoms with Gasteiger partial charge in [-0.3, -0.25) is 0 Å². The second-order valence-electron chi connectivity index (χ2n) is 5.08. The van der Waals surface area contributed by atoms with Crippen molar-refractivity contribution >= 4 is 0 Å². The summed E-state index contributed by atoms with van der Waals surface area (Å²) in [5.74, 6) is -0.551. The van der Waals surface area contributed by atoms with Crippen LogP contribution in [0, 0.1) is 20.8 Å². The zero-order valence-corrected chi connectivity index (χ0v) is 11.8. The van der Waals surface area contributed by atoms with Gasteiger partial charge in [0.25, 0.3) is 0 Å². The molecule has 0 radical (unpaired) electrons. The van der Waals surface area contributed by atoms with Crippen molar-refractivity contribution in [2.45, 2.75) is 33.0 Å². The Hall–Kier alpha value is -0.900. The Morgan fingerprint density at radius 1 is 1.11 bits per heavy atom. The van der Waals surface area contributed by atoms with Crippen molar-refractivity contribution in [2.24, 2.45) is 0 Å². The SMILES string of the molecule is CNCCC1(c2c(C)cc(C)cc2C)OCCO1. The highest BCUT2D eigenvalue weighted by Gasteiger charge is 2.40. The fourth-order valence-electron chi connectivity index (χ4n) is 2.94. The first-order chi connectivity index (χ1) is 8.59. The first kappa shape index (κ1) is 13.5. The number of rotatable bonds is 4. The molecule has 0 amide bonds. The van der Waals surface area contributed by atoms with Gasteiger partial charge in [0.1, 0.15) is 0 Å². The number of hydrogen-bond acceptors (Lipinski definition) is 3. The van der Waals surface area contributed by atoms with E-state index in [1.165, 1.54) is 22.3 Å². The van der Waals surface area contributed by atoms with Gasteiger partial charge in [0.2, 0.25) is 0 Å². The number of ether oxygens (including phenoxy) is 2. The Balaban J connectivity index is 2.42. The van der Waals surface area contributed by atoms with Crippen LogP contribution in [0.4, 0.5) is 0 Å². The van der Waals surface area contributed by atoms with Crippen molar-refractivity contribution in [3.63, 3.8) is 0 Å². The van der Waals surface area contributed by atoms with E-state index in [1.807, 2.05) is 7.05 Å². The minimum absolute atomic E-state index is 0.551. The van der Waals surface area contributed by atoms with Gasteiger partial charge in [0.05, 0.1) is 13.2 Å². The molecule has 1 N–H and O–H groups in total. The molecule has 0 atom stereocenters. The maximum atomic E-state index is 5.97. The summed E-state index contributed by atoms with van der Waals surface area (Å²) in [5.41, 5.74) is 5.01. The van der Waals surface area contributed by atoms with E-state index in [9.17, 15) is 0 Å². The van der Waals surface area contributed by atoms with Crippen LogP contribution in [0.1, 0.15) is 28.7 Å². The lowest BCUT2D eigenvalue weighted by atomic mass is 9.91. The molecule has 0 unspecified atom stereocenters. The van der Waals surface area contributed by atoms with E-state index in [0.29, 0.717) is 13.2 Å². The normalized spacial score (nSPS) is 18.2. The minimum Gasteiger partial charge on any atom is -0.343 e. The fourth-order valence-corrected chi connectivity index (χ4v) is 2.94. The lowest BCUT2D eigenvalue weighted by Gasteiger charge is -2.31. The smallest absolute Gasteiger partial charge is 0.196 e. The summed E-state index contributed by atoms with van der Waals surface area (Å²) in [6.45, 7) is 8.64. The van der Waals surface area contributed by atoms with Crippen molar-refractivity contribution in [3.8, 4) is 0 Å². The second kappa shape index (κ2) is 5.39. The van der Waals surface area contributed by atoms with Crippen LogP contribution in [0.25, 0.3) is 0 Å². The molecule has 0 bridgehead atoms. The average molecular weight is 249 g/mol. The molecule has 1 aromatic carbocycles. The molecule has 1 aromatic rings. The zero-order valence-electron chi connectivity index (χ0n) is 11.8. The van der Waals surface area contributed by atoms with Crippen molar-refractivity contribution < 1.29 is 9.47 Å². The number of hydrogen-bond donors (Lipinski definition) is 1. The van der Waals surface area contributed by atoms with Crippen molar-refractivity contribution in [1.82, 2.24) is 5.32 Å². The van der Waals surface area contributed by atoms with E-state index in [1.54, 1.807) is 0 Å². The third-order valence-electron chi connectivity index (χ3n) is 3.52. The van der Waals surface area contributed by atoms with Crippen LogP contribution in [0.3, 0.4) is 0 Å². The molecule has 100 valence electrons. The molecule has 2 rings (SSSR count). The van der Waals surface area contributed by atoms with E-state index >= 15 is 0 Å². The molecule has 0 saturated carbocycles. The molecule has 1 fully saturated rings. The van der Waals surface area contributed by atoms with Gasteiger partial charge in [-0.15, -0.1) is 0 Å². The third-order valence-corrected chi connectivity index (χ3v) is 3.52. The highest BCUT2D eigenvalue weighted by Crippen LogP contribution is 2.38. The van der Waals surface area contributed by atoms with Crippen molar-refractivity contribution in [1.29, 1.82) is 0 Å². The number of aryl methyl sites for hydroxylation is 3. The summed E-state index contributed by atoms with van der Waals surface area (Å²) in [5, 5.41) is 3.18. The van der Waals surface area contributed by atoms with Crippen LogP contribution in [0.5, 0.6) is 0 Å².